The topological polar surface area (TPSA) is 72.2 Å². The Morgan fingerprint density at radius 2 is 1.79 bits per heavy atom. The summed E-state index contributed by atoms with van der Waals surface area (Å²) in [4.78, 5) is 23.3. The van der Waals surface area contributed by atoms with E-state index in [4.69, 9.17) is 11.6 Å². The Bertz CT molecular complexity index is 771. The molecule has 1 saturated carbocycles. The lowest BCUT2D eigenvalue weighted by atomic mass is 9.78. The summed E-state index contributed by atoms with van der Waals surface area (Å²) in [6.45, 7) is 0. The molecule has 1 N–H and O–H groups in total. The summed E-state index contributed by atoms with van der Waals surface area (Å²) >= 11 is 6.10. The van der Waals surface area contributed by atoms with E-state index in [1.165, 1.54) is 18.2 Å². The summed E-state index contributed by atoms with van der Waals surface area (Å²) in [6.07, 6.45) is 3.56. The highest BCUT2D eigenvalue weighted by Gasteiger charge is 2.42. The van der Waals surface area contributed by atoms with Crippen molar-refractivity contribution in [3.8, 4) is 0 Å². The van der Waals surface area contributed by atoms with Crippen LogP contribution >= 0.6 is 11.6 Å². The number of hydrogen-bond acceptors (Lipinski definition) is 3. The lowest BCUT2D eigenvalue weighted by Gasteiger charge is -2.28. The van der Waals surface area contributed by atoms with Crippen LogP contribution < -0.4 is 5.32 Å². The van der Waals surface area contributed by atoms with Gasteiger partial charge in [-0.3, -0.25) is 14.9 Å². The van der Waals surface area contributed by atoms with Crippen molar-refractivity contribution in [1.29, 1.82) is 0 Å². The summed E-state index contributed by atoms with van der Waals surface area (Å²) in [5.74, 6) is -0.109. The molecule has 2 aromatic carbocycles. The van der Waals surface area contributed by atoms with Gasteiger partial charge in [-0.2, -0.15) is 0 Å². The predicted molar refractivity (Wildman–Crippen MR) is 93.3 cm³/mol. The molecule has 0 unspecified atom stereocenters. The SMILES string of the molecule is O=C(Nc1ccc([N+](=O)[O-])cc1Cl)C1(c2ccccc2)CCCC1. The number of rotatable bonds is 4. The molecule has 5 nitrogen and oxygen atoms in total. The van der Waals surface area contributed by atoms with E-state index in [1.807, 2.05) is 30.3 Å². The Morgan fingerprint density at radius 1 is 1.12 bits per heavy atom. The van der Waals surface area contributed by atoms with Gasteiger partial charge in [0.1, 0.15) is 0 Å². The monoisotopic (exact) mass is 344 g/mol. The van der Waals surface area contributed by atoms with E-state index in [-0.39, 0.29) is 16.6 Å². The van der Waals surface area contributed by atoms with Gasteiger partial charge in [-0.15, -0.1) is 0 Å². The second kappa shape index (κ2) is 6.61. The fraction of sp³-hybridized carbons (Fsp3) is 0.278. The molecular formula is C18H17ClN2O3. The summed E-state index contributed by atoms with van der Waals surface area (Å²) in [5.41, 5.74) is 0.732. The first-order chi connectivity index (χ1) is 11.5. The molecule has 0 atom stereocenters. The average Bonchev–Trinajstić information content (AvgIpc) is 3.08. The number of benzene rings is 2. The molecule has 0 bridgehead atoms. The van der Waals surface area contributed by atoms with Gasteiger partial charge in [0, 0.05) is 12.1 Å². The molecule has 0 saturated heterocycles. The van der Waals surface area contributed by atoms with Gasteiger partial charge in [0.15, 0.2) is 0 Å². The minimum Gasteiger partial charge on any atom is -0.324 e. The maximum Gasteiger partial charge on any atom is 0.271 e. The molecule has 0 heterocycles. The van der Waals surface area contributed by atoms with Crippen LogP contribution in [0.2, 0.25) is 5.02 Å². The van der Waals surface area contributed by atoms with E-state index in [2.05, 4.69) is 5.32 Å². The second-order valence-corrected chi connectivity index (χ2v) is 6.44. The molecule has 1 aliphatic carbocycles. The lowest BCUT2D eigenvalue weighted by Crippen LogP contribution is -2.38. The first-order valence-electron chi connectivity index (χ1n) is 7.84. The Balaban J connectivity index is 1.89. The van der Waals surface area contributed by atoms with Crippen molar-refractivity contribution in [3.63, 3.8) is 0 Å². The molecule has 0 spiro atoms. The van der Waals surface area contributed by atoms with Crippen LogP contribution in [0.25, 0.3) is 0 Å². The summed E-state index contributed by atoms with van der Waals surface area (Å²) < 4.78 is 0. The van der Waals surface area contributed by atoms with Crippen LogP contribution in [-0.4, -0.2) is 10.8 Å². The van der Waals surface area contributed by atoms with Gasteiger partial charge in [-0.1, -0.05) is 54.8 Å². The Kier molecular flexibility index (Phi) is 4.53. The Morgan fingerprint density at radius 3 is 2.38 bits per heavy atom. The van der Waals surface area contributed by atoms with Crippen molar-refractivity contribution in [2.75, 3.05) is 5.32 Å². The van der Waals surface area contributed by atoms with E-state index < -0.39 is 10.3 Å². The van der Waals surface area contributed by atoms with Crippen molar-refractivity contribution < 1.29 is 9.72 Å². The minimum absolute atomic E-state index is 0.100. The lowest BCUT2D eigenvalue weighted by molar-refractivity contribution is -0.384. The number of amides is 1. The molecule has 6 heteroatoms. The third-order valence-corrected chi connectivity index (χ3v) is 4.94. The van der Waals surface area contributed by atoms with Gasteiger partial charge in [-0.25, -0.2) is 0 Å². The number of nitro benzene ring substituents is 1. The molecule has 124 valence electrons. The molecule has 1 fully saturated rings. The molecule has 0 radical (unpaired) electrons. The van der Waals surface area contributed by atoms with Gasteiger partial charge in [0.2, 0.25) is 5.91 Å². The molecule has 24 heavy (non-hydrogen) atoms. The smallest absolute Gasteiger partial charge is 0.271 e. The number of nitrogens with one attached hydrogen (secondary N) is 1. The molecule has 3 rings (SSSR count). The zero-order valence-corrected chi connectivity index (χ0v) is 13.8. The third kappa shape index (κ3) is 2.99. The van der Waals surface area contributed by atoms with Gasteiger partial charge in [0.25, 0.3) is 5.69 Å². The van der Waals surface area contributed by atoms with E-state index in [0.29, 0.717) is 5.69 Å². The number of carbonyl (C=O) groups is 1. The molecule has 0 aromatic heterocycles. The summed E-state index contributed by atoms with van der Waals surface area (Å²) in [5, 5.41) is 13.8. The van der Waals surface area contributed by atoms with Crippen molar-refractivity contribution >= 4 is 28.9 Å². The van der Waals surface area contributed by atoms with Crippen LogP contribution in [0.4, 0.5) is 11.4 Å². The van der Waals surface area contributed by atoms with E-state index in [1.54, 1.807) is 0 Å². The summed E-state index contributed by atoms with van der Waals surface area (Å²) in [7, 11) is 0. The molecular weight excluding hydrogens is 328 g/mol. The normalized spacial score (nSPS) is 15.9. The van der Waals surface area contributed by atoms with E-state index in [0.717, 1.165) is 31.2 Å². The quantitative estimate of drug-likeness (QED) is 0.645. The van der Waals surface area contributed by atoms with E-state index in [9.17, 15) is 14.9 Å². The number of anilines is 1. The first-order valence-corrected chi connectivity index (χ1v) is 8.22. The molecule has 1 amide bonds. The van der Waals surface area contributed by atoms with Crippen LogP contribution in [0.1, 0.15) is 31.2 Å². The number of carbonyl (C=O) groups excluding carboxylic acids is 1. The van der Waals surface area contributed by atoms with Gasteiger partial charge >= 0.3 is 0 Å². The van der Waals surface area contributed by atoms with Crippen LogP contribution in [0.5, 0.6) is 0 Å². The third-order valence-electron chi connectivity index (χ3n) is 4.63. The van der Waals surface area contributed by atoms with Crippen LogP contribution in [0.3, 0.4) is 0 Å². The van der Waals surface area contributed by atoms with Crippen molar-refractivity contribution in [3.05, 3.63) is 69.2 Å². The second-order valence-electron chi connectivity index (χ2n) is 6.03. The van der Waals surface area contributed by atoms with Crippen molar-refractivity contribution in [2.24, 2.45) is 0 Å². The van der Waals surface area contributed by atoms with Crippen LogP contribution in [0.15, 0.2) is 48.5 Å². The average molecular weight is 345 g/mol. The maximum atomic E-state index is 13.0. The zero-order valence-electron chi connectivity index (χ0n) is 13.0. The summed E-state index contributed by atoms with van der Waals surface area (Å²) in [6, 6.07) is 13.8. The number of hydrogen-bond donors (Lipinski definition) is 1. The van der Waals surface area contributed by atoms with Gasteiger partial charge in [-0.05, 0) is 24.5 Å². The van der Waals surface area contributed by atoms with Gasteiger partial charge < -0.3 is 5.32 Å². The Labute approximate surface area is 144 Å². The van der Waals surface area contributed by atoms with Crippen molar-refractivity contribution in [2.45, 2.75) is 31.1 Å². The maximum absolute atomic E-state index is 13.0. The largest absolute Gasteiger partial charge is 0.324 e. The zero-order chi connectivity index (χ0) is 17.2. The van der Waals surface area contributed by atoms with Crippen molar-refractivity contribution in [1.82, 2.24) is 0 Å². The Hall–Kier alpha value is -2.40. The standard InChI is InChI=1S/C18H17ClN2O3/c19-15-12-14(21(23)24)8-9-16(15)20-17(22)18(10-4-5-11-18)13-6-2-1-3-7-13/h1-3,6-9,12H,4-5,10-11H2,(H,20,22). The fourth-order valence-corrected chi connectivity index (χ4v) is 3.57. The van der Waals surface area contributed by atoms with Crippen LogP contribution in [-0.2, 0) is 10.2 Å². The first kappa shape index (κ1) is 16.5. The molecule has 1 aliphatic rings. The predicted octanol–water partition coefficient (Wildman–Crippen LogP) is 4.70. The molecule has 2 aromatic rings. The number of halogens is 1. The van der Waals surface area contributed by atoms with Gasteiger partial charge in [0.05, 0.1) is 21.0 Å². The van der Waals surface area contributed by atoms with E-state index >= 15 is 0 Å². The fourth-order valence-electron chi connectivity index (χ4n) is 3.34. The van der Waals surface area contributed by atoms with Crippen LogP contribution in [0, 0.1) is 10.1 Å². The molecule has 0 aliphatic heterocycles. The minimum atomic E-state index is -0.563. The number of nitro groups is 1. The highest BCUT2D eigenvalue weighted by molar-refractivity contribution is 6.34. The number of non-ortho nitro benzene ring substituents is 1. The number of nitrogens with zero attached hydrogens (tertiary/aromatic N) is 1. The highest BCUT2D eigenvalue weighted by atomic mass is 35.5. The highest BCUT2D eigenvalue weighted by Crippen LogP contribution is 2.42.